The molecule has 2 aromatic rings. The highest BCUT2D eigenvalue weighted by molar-refractivity contribution is 7.90. The van der Waals surface area contributed by atoms with Gasteiger partial charge in [0.1, 0.15) is 5.69 Å². The van der Waals surface area contributed by atoms with E-state index in [9.17, 15) is 13.2 Å². The Labute approximate surface area is 116 Å². The van der Waals surface area contributed by atoms with Gasteiger partial charge in [-0.15, -0.1) is 0 Å². The van der Waals surface area contributed by atoms with Crippen LogP contribution in [0, 0.1) is 0 Å². The molecule has 7 nitrogen and oxygen atoms in total. The molecule has 4 N–H and O–H groups in total. The van der Waals surface area contributed by atoms with Gasteiger partial charge >= 0.3 is 0 Å². The third kappa shape index (κ3) is 3.59. The lowest BCUT2D eigenvalue weighted by Crippen LogP contribution is -2.21. The quantitative estimate of drug-likeness (QED) is 0.779. The molecule has 0 radical (unpaired) electrons. The SMILES string of the molecule is Cn1cccc1C(=O)Nc1cccc(NS(N)(=O)=O)c1. The van der Waals surface area contributed by atoms with Crippen LogP contribution in [0.2, 0.25) is 0 Å². The molecule has 1 amide bonds. The van der Waals surface area contributed by atoms with Crippen LogP contribution in [0.3, 0.4) is 0 Å². The molecule has 2 rings (SSSR count). The summed E-state index contributed by atoms with van der Waals surface area (Å²) in [6, 6.07) is 9.70. The van der Waals surface area contributed by atoms with E-state index in [2.05, 4.69) is 10.0 Å². The number of nitrogens with zero attached hydrogens (tertiary/aromatic N) is 1. The van der Waals surface area contributed by atoms with E-state index in [1.165, 1.54) is 12.1 Å². The van der Waals surface area contributed by atoms with Crippen molar-refractivity contribution < 1.29 is 13.2 Å². The maximum atomic E-state index is 12.0. The third-order valence-electron chi connectivity index (χ3n) is 2.56. The fourth-order valence-electron chi connectivity index (χ4n) is 1.72. The van der Waals surface area contributed by atoms with Crippen LogP contribution in [0.1, 0.15) is 10.5 Å². The highest BCUT2D eigenvalue weighted by Gasteiger charge is 2.09. The van der Waals surface area contributed by atoms with Gasteiger partial charge in [0.2, 0.25) is 0 Å². The Hall–Kier alpha value is -2.32. The van der Waals surface area contributed by atoms with Crippen molar-refractivity contribution >= 4 is 27.5 Å². The number of rotatable bonds is 4. The van der Waals surface area contributed by atoms with E-state index < -0.39 is 10.2 Å². The monoisotopic (exact) mass is 294 g/mol. The molecule has 8 heteroatoms. The first-order valence-corrected chi connectivity index (χ1v) is 7.23. The number of aromatic nitrogens is 1. The van der Waals surface area contributed by atoms with Crippen LogP contribution in [0.15, 0.2) is 42.6 Å². The molecule has 0 bridgehead atoms. The van der Waals surface area contributed by atoms with Gasteiger partial charge in [-0.1, -0.05) is 6.07 Å². The zero-order chi connectivity index (χ0) is 14.8. The minimum atomic E-state index is -3.84. The maximum absolute atomic E-state index is 12.0. The highest BCUT2D eigenvalue weighted by atomic mass is 32.2. The zero-order valence-electron chi connectivity index (χ0n) is 10.7. The number of hydrogen-bond donors (Lipinski definition) is 3. The third-order valence-corrected chi connectivity index (χ3v) is 3.08. The Bertz CT molecular complexity index is 737. The lowest BCUT2D eigenvalue weighted by Gasteiger charge is -2.08. The summed E-state index contributed by atoms with van der Waals surface area (Å²) in [5.41, 5.74) is 1.23. The van der Waals surface area contributed by atoms with Crippen LogP contribution >= 0.6 is 0 Å². The normalized spacial score (nSPS) is 11.1. The van der Waals surface area contributed by atoms with Crippen LogP contribution in [-0.2, 0) is 17.3 Å². The molecule has 0 aliphatic rings. The van der Waals surface area contributed by atoms with E-state index in [-0.39, 0.29) is 11.6 Å². The second-order valence-corrected chi connectivity index (χ2v) is 5.48. The summed E-state index contributed by atoms with van der Waals surface area (Å²) >= 11 is 0. The zero-order valence-corrected chi connectivity index (χ0v) is 11.5. The molecule has 0 unspecified atom stereocenters. The van der Waals surface area contributed by atoms with E-state index in [0.717, 1.165) is 0 Å². The van der Waals surface area contributed by atoms with Gasteiger partial charge in [0.05, 0.1) is 5.69 Å². The van der Waals surface area contributed by atoms with Crippen LogP contribution < -0.4 is 15.2 Å². The van der Waals surface area contributed by atoms with Gasteiger partial charge < -0.3 is 9.88 Å². The van der Waals surface area contributed by atoms with Gasteiger partial charge in [-0.2, -0.15) is 8.42 Å². The molecule has 0 fully saturated rings. The van der Waals surface area contributed by atoms with E-state index >= 15 is 0 Å². The van der Waals surface area contributed by atoms with Crippen molar-refractivity contribution in [3.05, 3.63) is 48.3 Å². The van der Waals surface area contributed by atoms with Crippen molar-refractivity contribution in [1.29, 1.82) is 0 Å². The van der Waals surface area contributed by atoms with E-state index in [4.69, 9.17) is 5.14 Å². The fourth-order valence-corrected chi connectivity index (χ4v) is 2.17. The summed E-state index contributed by atoms with van der Waals surface area (Å²) in [5.74, 6) is -0.287. The summed E-state index contributed by atoms with van der Waals surface area (Å²) in [7, 11) is -2.08. The van der Waals surface area contributed by atoms with Gasteiger partial charge in [0, 0.05) is 18.9 Å². The summed E-state index contributed by atoms with van der Waals surface area (Å²) in [5, 5.41) is 7.56. The molecule has 0 saturated heterocycles. The number of carbonyl (C=O) groups is 1. The summed E-state index contributed by atoms with van der Waals surface area (Å²) in [6.07, 6.45) is 1.76. The predicted molar refractivity (Wildman–Crippen MR) is 76.5 cm³/mol. The minimum Gasteiger partial charge on any atom is -0.347 e. The Kier molecular flexibility index (Phi) is 3.77. The number of hydrogen-bond acceptors (Lipinski definition) is 3. The highest BCUT2D eigenvalue weighted by Crippen LogP contribution is 2.16. The molecule has 1 heterocycles. The van der Waals surface area contributed by atoms with Crippen LogP contribution in [0.4, 0.5) is 11.4 Å². The molecular weight excluding hydrogens is 280 g/mol. The largest absolute Gasteiger partial charge is 0.347 e. The first kappa shape index (κ1) is 14.1. The van der Waals surface area contributed by atoms with Gasteiger partial charge in [-0.3, -0.25) is 9.52 Å². The molecule has 0 aliphatic heterocycles. The molecular formula is C12H14N4O3S. The van der Waals surface area contributed by atoms with Crippen molar-refractivity contribution in [3.63, 3.8) is 0 Å². The minimum absolute atomic E-state index is 0.275. The molecule has 0 atom stereocenters. The van der Waals surface area contributed by atoms with Crippen molar-refractivity contribution in [2.75, 3.05) is 10.0 Å². The second-order valence-electron chi connectivity index (χ2n) is 4.19. The Balaban J connectivity index is 2.16. The average molecular weight is 294 g/mol. The standard InChI is InChI=1S/C12H14N4O3S/c1-16-7-3-6-11(16)12(17)14-9-4-2-5-10(8-9)15-20(13,18)19/h2-8,15H,1H3,(H,14,17)(H2,13,18,19). The number of carbonyl (C=O) groups excluding carboxylic acids is 1. The summed E-state index contributed by atoms with van der Waals surface area (Å²) in [4.78, 5) is 12.0. The van der Waals surface area contributed by atoms with Crippen molar-refractivity contribution in [2.45, 2.75) is 0 Å². The maximum Gasteiger partial charge on any atom is 0.296 e. The Morgan fingerprint density at radius 3 is 2.50 bits per heavy atom. The summed E-state index contributed by atoms with van der Waals surface area (Å²) in [6.45, 7) is 0. The first-order valence-electron chi connectivity index (χ1n) is 5.68. The molecule has 0 aliphatic carbocycles. The molecule has 1 aromatic heterocycles. The molecule has 106 valence electrons. The van der Waals surface area contributed by atoms with Gasteiger partial charge in [0.25, 0.3) is 16.1 Å². The smallest absolute Gasteiger partial charge is 0.296 e. The van der Waals surface area contributed by atoms with Crippen LogP contribution in [0.25, 0.3) is 0 Å². The van der Waals surface area contributed by atoms with Crippen molar-refractivity contribution in [1.82, 2.24) is 4.57 Å². The first-order chi connectivity index (χ1) is 9.35. The number of anilines is 2. The second kappa shape index (κ2) is 5.35. The number of amides is 1. The molecule has 1 aromatic carbocycles. The summed E-state index contributed by atoms with van der Waals surface area (Å²) < 4.78 is 25.7. The number of nitrogens with one attached hydrogen (secondary N) is 2. The average Bonchev–Trinajstić information content (AvgIpc) is 2.73. The lowest BCUT2D eigenvalue weighted by molar-refractivity contribution is 0.101. The van der Waals surface area contributed by atoms with Gasteiger partial charge in [-0.25, -0.2) is 5.14 Å². The number of aryl methyl sites for hydroxylation is 1. The number of nitrogens with two attached hydrogens (primary N) is 1. The van der Waals surface area contributed by atoms with E-state index in [0.29, 0.717) is 11.4 Å². The molecule has 20 heavy (non-hydrogen) atoms. The van der Waals surface area contributed by atoms with Crippen LogP contribution in [-0.4, -0.2) is 18.9 Å². The predicted octanol–water partition coefficient (Wildman–Crippen LogP) is 0.893. The van der Waals surface area contributed by atoms with Crippen molar-refractivity contribution in [2.24, 2.45) is 12.2 Å². The lowest BCUT2D eigenvalue weighted by atomic mass is 10.2. The topological polar surface area (TPSA) is 106 Å². The number of benzene rings is 1. The van der Waals surface area contributed by atoms with Gasteiger partial charge in [-0.05, 0) is 30.3 Å². The van der Waals surface area contributed by atoms with E-state index in [1.54, 1.807) is 42.1 Å². The van der Waals surface area contributed by atoms with Crippen molar-refractivity contribution in [3.8, 4) is 0 Å². The Morgan fingerprint density at radius 2 is 1.90 bits per heavy atom. The van der Waals surface area contributed by atoms with E-state index in [1.807, 2.05) is 0 Å². The molecule has 0 saturated carbocycles. The Morgan fingerprint density at radius 1 is 1.20 bits per heavy atom. The van der Waals surface area contributed by atoms with Crippen LogP contribution in [0.5, 0.6) is 0 Å². The molecule has 0 spiro atoms. The van der Waals surface area contributed by atoms with Gasteiger partial charge in [0.15, 0.2) is 0 Å². The fraction of sp³-hybridized carbons (Fsp3) is 0.0833.